The van der Waals surface area contributed by atoms with Crippen LogP contribution in [0.2, 0.25) is 0 Å². The van der Waals surface area contributed by atoms with Gasteiger partial charge in [-0.05, 0) is 26.7 Å². The minimum atomic E-state index is -1.03. The molecule has 1 aliphatic rings. The number of aliphatic hydroxyl groups excluding tert-OH is 2. The summed E-state index contributed by atoms with van der Waals surface area (Å²) in [5.41, 5.74) is 1.87. The van der Waals surface area contributed by atoms with Crippen LogP contribution in [0, 0.1) is 18.8 Å². The topological polar surface area (TPSA) is 93.3 Å². The number of nitrogens with zero attached hydrogens (tertiary/aromatic N) is 4. The number of aliphatic hydroxyl groups is 2. The van der Waals surface area contributed by atoms with Crippen LogP contribution in [0.1, 0.15) is 31.6 Å². The number of aryl methyl sites for hydroxylation is 1. The van der Waals surface area contributed by atoms with Crippen LogP contribution < -0.4 is 0 Å². The van der Waals surface area contributed by atoms with Crippen molar-refractivity contribution >= 4 is 11.2 Å². The fraction of sp³-hybridized carbons (Fsp3) is 0.500. The van der Waals surface area contributed by atoms with Crippen LogP contribution >= 0.6 is 0 Å². The third kappa shape index (κ3) is 2.17. The first-order valence-electron chi connectivity index (χ1n) is 6.68. The van der Waals surface area contributed by atoms with Gasteiger partial charge in [-0.1, -0.05) is 5.92 Å². The largest absolute Gasteiger partial charge is 0.388 e. The molecule has 4 unspecified atom stereocenters. The molecule has 3 rings (SSSR count). The molecule has 110 valence electrons. The molecule has 0 spiro atoms. The third-order valence-electron chi connectivity index (χ3n) is 3.58. The summed E-state index contributed by atoms with van der Waals surface area (Å²) in [5.74, 6) is 5.96. The average Bonchev–Trinajstić information content (AvgIpc) is 2.96. The summed E-state index contributed by atoms with van der Waals surface area (Å²) in [6.45, 7) is 5.24. The van der Waals surface area contributed by atoms with E-state index in [1.165, 1.54) is 6.33 Å². The van der Waals surface area contributed by atoms with E-state index in [2.05, 4.69) is 26.8 Å². The van der Waals surface area contributed by atoms with Crippen molar-refractivity contribution in [2.24, 2.45) is 0 Å². The lowest BCUT2D eigenvalue weighted by Crippen LogP contribution is -2.30. The average molecular weight is 288 g/mol. The normalized spacial score (nSPS) is 28.6. The number of imidazole rings is 1. The molecule has 0 bridgehead atoms. The Hall–Kier alpha value is -2.01. The third-order valence-corrected chi connectivity index (χ3v) is 3.58. The van der Waals surface area contributed by atoms with Gasteiger partial charge in [0.05, 0.1) is 18.1 Å². The second-order valence-corrected chi connectivity index (χ2v) is 5.04. The maximum absolute atomic E-state index is 10.1. The Balaban J connectivity index is 2.13. The molecule has 0 aromatic carbocycles. The van der Waals surface area contributed by atoms with Crippen LogP contribution in [-0.4, -0.2) is 48.0 Å². The van der Waals surface area contributed by atoms with Gasteiger partial charge in [0.2, 0.25) is 5.82 Å². The van der Waals surface area contributed by atoms with E-state index in [1.54, 1.807) is 18.4 Å². The summed E-state index contributed by atoms with van der Waals surface area (Å²) in [5, 5.41) is 19.9. The molecule has 0 saturated carbocycles. The lowest BCUT2D eigenvalue weighted by Gasteiger charge is -2.16. The van der Waals surface area contributed by atoms with Crippen LogP contribution in [0.25, 0.3) is 11.2 Å². The van der Waals surface area contributed by atoms with Gasteiger partial charge in [0.15, 0.2) is 11.9 Å². The summed E-state index contributed by atoms with van der Waals surface area (Å²) >= 11 is 0. The highest BCUT2D eigenvalue weighted by Gasteiger charge is 2.42. The van der Waals surface area contributed by atoms with E-state index in [9.17, 15) is 10.2 Å². The summed E-state index contributed by atoms with van der Waals surface area (Å²) in [7, 11) is 0. The molecule has 7 nitrogen and oxygen atoms in total. The molecule has 0 aliphatic carbocycles. The van der Waals surface area contributed by atoms with Crippen molar-refractivity contribution in [3.05, 3.63) is 17.8 Å². The van der Waals surface area contributed by atoms with Gasteiger partial charge >= 0.3 is 0 Å². The molecule has 4 atom stereocenters. The van der Waals surface area contributed by atoms with Crippen molar-refractivity contribution in [1.82, 2.24) is 19.5 Å². The Bertz CT molecular complexity index is 746. The molecule has 2 aromatic rings. The SMILES string of the molecule is CC#Cc1nc(C)c2ncn(C3OC(C)C(O)C3O)c2n1. The zero-order valence-electron chi connectivity index (χ0n) is 12.0. The maximum atomic E-state index is 10.1. The van der Waals surface area contributed by atoms with E-state index < -0.39 is 24.5 Å². The monoisotopic (exact) mass is 288 g/mol. The smallest absolute Gasteiger partial charge is 0.207 e. The van der Waals surface area contributed by atoms with E-state index in [0.717, 1.165) is 0 Å². The molecular weight excluding hydrogens is 272 g/mol. The van der Waals surface area contributed by atoms with E-state index in [0.29, 0.717) is 22.7 Å². The second-order valence-electron chi connectivity index (χ2n) is 5.04. The first-order chi connectivity index (χ1) is 10.0. The maximum Gasteiger partial charge on any atom is 0.207 e. The lowest BCUT2D eigenvalue weighted by molar-refractivity contribution is -0.0299. The van der Waals surface area contributed by atoms with Crippen LogP contribution in [0.4, 0.5) is 0 Å². The molecule has 2 N–H and O–H groups in total. The van der Waals surface area contributed by atoms with Crippen LogP contribution in [0.3, 0.4) is 0 Å². The molecule has 0 amide bonds. The first-order valence-corrected chi connectivity index (χ1v) is 6.68. The number of ether oxygens (including phenoxy) is 1. The minimum Gasteiger partial charge on any atom is -0.388 e. The van der Waals surface area contributed by atoms with Gasteiger partial charge in [-0.2, -0.15) is 0 Å². The number of fused-ring (bicyclic) bond motifs is 1. The Morgan fingerprint density at radius 1 is 1.29 bits per heavy atom. The quantitative estimate of drug-likeness (QED) is 0.725. The van der Waals surface area contributed by atoms with Crippen molar-refractivity contribution in [3.63, 3.8) is 0 Å². The molecule has 21 heavy (non-hydrogen) atoms. The van der Waals surface area contributed by atoms with Gasteiger partial charge in [-0.15, -0.1) is 0 Å². The van der Waals surface area contributed by atoms with Gasteiger partial charge in [0.1, 0.15) is 17.7 Å². The summed E-state index contributed by atoms with van der Waals surface area (Å²) in [4.78, 5) is 12.9. The van der Waals surface area contributed by atoms with Crippen molar-refractivity contribution < 1.29 is 14.9 Å². The Morgan fingerprint density at radius 2 is 2.05 bits per heavy atom. The molecule has 7 heteroatoms. The Morgan fingerprint density at radius 3 is 2.67 bits per heavy atom. The zero-order chi connectivity index (χ0) is 15.1. The van der Waals surface area contributed by atoms with Crippen LogP contribution in [-0.2, 0) is 4.74 Å². The van der Waals surface area contributed by atoms with E-state index in [4.69, 9.17) is 4.74 Å². The molecule has 1 saturated heterocycles. The molecule has 0 radical (unpaired) electrons. The highest BCUT2D eigenvalue weighted by Crippen LogP contribution is 2.31. The van der Waals surface area contributed by atoms with Gasteiger partial charge in [0.25, 0.3) is 0 Å². The highest BCUT2D eigenvalue weighted by atomic mass is 16.6. The predicted molar refractivity (Wildman–Crippen MR) is 74.2 cm³/mol. The number of hydrogen-bond acceptors (Lipinski definition) is 6. The molecule has 1 aliphatic heterocycles. The number of aromatic nitrogens is 4. The second kappa shape index (κ2) is 5.07. The fourth-order valence-electron chi connectivity index (χ4n) is 2.47. The van der Waals surface area contributed by atoms with E-state index in [-0.39, 0.29) is 0 Å². The van der Waals surface area contributed by atoms with Gasteiger partial charge < -0.3 is 14.9 Å². The minimum absolute atomic E-state index is 0.394. The van der Waals surface area contributed by atoms with Gasteiger partial charge in [-0.3, -0.25) is 4.57 Å². The van der Waals surface area contributed by atoms with E-state index in [1.807, 2.05) is 6.92 Å². The van der Waals surface area contributed by atoms with Crippen molar-refractivity contribution in [2.45, 2.75) is 45.3 Å². The van der Waals surface area contributed by atoms with Crippen LogP contribution in [0.5, 0.6) is 0 Å². The van der Waals surface area contributed by atoms with Gasteiger partial charge in [0, 0.05) is 0 Å². The zero-order valence-corrected chi connectivity index (χ0v) is 12.0. The summed E-state index contributed by atoms with van der Waals surface area (Å²) < 4.78 is 7.22. The van der Waals surface area contributed by atoms with Crippen LogP contribution in [0.15, 0.2) is 6.33 Å². The van der Waals surface area contributed by atoms with Crippen molar-refractivity contribution in [2.75, 3.05) is 0 Å². The molecule has 2 aromatic heterocycles. The fourth-order valence-corrected chi connectivity index (χ4v) is 2.47. The Labute approximate surface area is 121 Å². The summed E-state index contributed by atoms with van der Waals surface area (Å²) in [6, 6.07) is 0. The number of rotatable bonds is 1. The first kappa shape index (κ1) is 13.9. The van der Waals surface area contributed by atoms with Crippen molar-refractivity contribution in [1.29, 1.82) is 0 Å². The molecule has 1 fully saturated rings. The summed E-state index contributed by atoms with van der Waals surface area (Å²) in [6.07, 6.45) is -1.62. The van der Waals surface area contributed by atoms with Gasteiger partial charge in [-0.25, -0.2) is 15.0 Å². The standard InChI is InChI=1S/C14H16N4O3/c1-4-5-9-16-7(2)10-13(17-9)18(6-15-10)14-12(20)11(19)8(3)21-14/h6,8,11-12,14,19-20H,1-3H3. The molecule has 3 heterocycles. The number of hydrogen-bond donors (Lipinski definition) is 2. The highest BCUT2D eigenvalue weighted by molar-refractivity contribution is 5.73. The predicted octanol–water partition coefficient (Wildman–Crippen LogP) is 0.145. The molecular formula is C14H16N4O3. The van der Waals surface area contributed by atoms with E-state index >= 15 is 0 Å². The lowest BCUT2D eigenvalue weighted by atomic mass is 10.1. The van der Waals surface area contributed by atoms with Crippen molar-refractivity contribution in [3.8, 4) is 11.8 Å². The Kier molecular flexibility index (Phi) is 3.37.